The van der Waals surface area contributed by atoms with Gasteiger partial charge in [0.15, 0.2) is 0 Å². The molecule has 0 saturated carbocycles. The molecular formula is C16H22BrNO3. The molecule has 0 aliphatic carbocycles. The predicted molar refractivity (Wildman–Crippen MR) is 84.8 cm³/mol. The third-order valence-electron chi connectivity index (χ3n) is 3.80. The van der Waals surface area contributed by atoms with E-state index in [0.717, 1.165) is 41.9 Å². The first-order chi connectivity index (χ1) is 10.0. The highest BCUT2D eigenvalue weighted by Crippen LogP contribution is 2.33. The molecule has 0 bridgehead atoms. The van der Waals surface area contributed by atoms with Crippen LogP contribution in [0.4, 0.5) is 0 Å². The molecule has 1 fully saturated rings. The zero-order valence-corrected chi connectivity index (χ0v) is 14.2. The monoisotopic (exact) mass is 355 g/mol. The molecule has 2 aliphatic rings. The van der Waals surface area contributed by atoms with Crippen LogP contribution in [-0.4, -0.2) is 38.0 Å². The highest BCUT2D eigenvalue weighted by atomic mass is 79.9. The van der Waals surface area contributed by atoms with E-state index in [1.165, 1.54) is 5.56 Å². The molecule has 1 N–H and O–H groups in total. The first kappa shape index (κ1) is 15.3. The average molecular weight is 356 g/mol. The number of benzene rings is 1. The van der Waals surface area contributed by atoms with Gasteiger partial charge in [0.1, 0.15) is 5.75 Å². The van der Waals surface area contributed by atoms with E-state index in [2.05, 4.69) is 47.2 Å². The van der Waals surface area contributed by atoms with Crippen LogP contribution in [0.25, 0.3) is 0 Å². The minimum atomic E-state index is -0.119. The van der Waals surface area contributed by atoms with E-state index in [0.29, 0.717) is 13.2 Å². The lowest BCUT2D eigenvalue weighted by atomic mass is 10.1. The molecule has 0 spiro atoms. The van der Waals surface area contributed by atoms with Gasteiger partial charge >= 0.3 is 0 Å². The van der Waals surface area contributed by atoms with E-state index in [4.69, 9.17) is 14.2 Å². The standard InChI is InChI=1S/C16H22BrNO3/c1-16(2)10-18-7-14(21-16)9-19-8-12-6-13(17)5-11-3-4-20-15(11)12/h5-6,14,18H,3-4,7-10H2,1-2H3. The fourth-order valence-electron chi connectivity index (χ4n) is 2.92. The van der Waals surface area contributed by atoms with Crippen molar-refractivity contribution in [2.75, 3.05) is 26.3 Å². The van der Waals surface area contributed by atoms with Gasteiger partial charge < -0.3 is 19.5 Å². The first-order valence-corrected chi connectivity index (χ1v) is 8.23. The zero-order valence-electron chi connectivity index (χ0n) is 12.6. The highest BCUT2D eigenvalue weighted by Gasteiger charge is 2.28. The lowest BCUT2D eigenvalue weighted by Crippen LogP contribution is -2.51. The molecule has 0 aromatic heterocycles. The van der Waals surface area contributed by atoms with Crippen LogP contribution in [0.15, 0.2) is 16.6 Å². The van der Waals surface area contributed by atoms with E-state index in [1.54, 1.807) is 0 Å². The van der Waals surface area contributed by atoms with Crippen molar-refractivity contribution in [3.05, 3.63) is 27.7 Å². The fourth-order valence-corrected chi connectivity index (χ4v) is 3.47. The molecule has 116 valence electrons. The fraction of sp³-hybridized carbons (Fsp3) is 0.625. The minimum absolute atomic E-state index is 0.106. The lowest BCUT2D eigenvalue weighted by molar-refractivity contribution is -0.122. The second-order valence-electron chi connectivity index (χ2n) is 6.30. The first-order valence-electron chi connectivity index (χ1n) is 7.44. The number of hydrogen-bond donors (Lipinski definition) is 1. The second-order valence-corrected chi connectivity index (χ2v) is 7.21. The Hall–Kier alpha value is -0.620. The van der Waals surface area contributed by atoms with Gasteiger partial charge in [0, 0.05) is 29.5 Å². The Kier molecular flexibility index (Phi) is 4.54. The third kappa shape index (κ3) is 3.77. The number of rotatable bonds is 4. The van der Waals surface area contributed by atoms with E-state index < -0.39 is 0 Å². The van der Waals surface area contributed by atoms with Crippen molar-refractivity contribution in [3.8, 4) is 5.75 Å². The quantitative estimate of drug-likeness (QED) is 0.901. The number of fused-ring (bicyclic) bond motifs is 1. The Bertz CT molecular complexity index is 518. The molecule has 5 heteroatoms. The number of hydrogen-bond acceptors (Lipinski definition) is 4. The van der Waals surface area contributed by atoms with Gasteiger partial charge in [0.25, 0.3) is 0 Å². The maximum absolute atomic E-state index is 6.00. The molecule has 4 nitrogen and oxygen atoms in total. The number of morpholine rings is 1. The number of nitrogens with one attached hydrogen (secondary N) is 1. The molecule has 1 aromatic rings. The Labute approximate surface area is 134 Å². The molecular weight excluding hydrogens is 334 g/mol. The van der Waals surface area contributed by atoms with Crippen LogP contribution in [0.3, 0.4) is 0 Å². The molecule has 1 atom stereocenters. The van der Waals surface area contributed by atoms with Crippen molar-refractivity contribution in [2.24, 2.45) is 0 Å². The van der Waals surface area contributed by atoms with Gasteiger partial charge in [-0.3, -0.25) is 0 Å². The van der Waals surface area contributed by atoms with Crippen LogP contribution < -0.4 is 10.1 Å². The van der Waals surface area contributed by atoms with Gasteiger partial charge in [0.2, 0.25) is 0 Å². The van der Waals surface area contributed by atoms with Crippen molar-refractivity contribution < 1.29 is 14.2 Å². The number of halogens is 1. The summed E-state index contributed by atoms with van der Waals surface area (Å²) < 4.78 is 18.7. The van der Waals surface area contributed by atoms with E-state index in [9.17, 15) is 0 Å². The molecule has 1 aromatic carbocycles. The minimum Gasteiger partial charge on any atom is -0.493 e. The Morgan fingerprint density at radius 3 is 3.10 bits per heavy atom. The maximum Gasteiger partial charge on any atom is 0.128 e. The molecule has 21 heavy (non-hydrogen) atoms. The van der Waals surface area contributed by atoms with Gasteiger partial charge in [-0.2, -0.15) is 0 Å². The van der Waals surface area contributed by atoms with Gasteiger partial charge in [-0.1, -0.05) is 15.9 Å². The topological polar surface area (TPSA) is 39.7 Å². The molecule has 0 radical (unpaired) electrons. The Morgan fingerprint density at radius 2 is 2.29 bits per heavy atom. The summed E-state index contributed by atoms with van der Waals surface area (Å²) in [7, 11) is 0. The summed E-state index contributed by atoms with van der Waals surface area (Å²) in [6.45, 7) is 7.85. The van der Waals surface area contributed by atoms with Crippen molar-refractivity contribution in [3.63, 3.8) is 0 Å². The van der Waals surface area contributed by atoms with Gasteiger partial charge in [0.05, 0.1) is 31.5 Å². The van der Waals surface area contributed by atoms with Gasteiger partial charge in [-0.25, -0.2) is 0 Å². The summed E-state index contributed by atoms with van der Waals surface area (Å²) in [5.74, 6) is 1.00. The van der Waals surface area contributed by atoms with E-state index in [-0.39, 0.29) is 11.7 Å². The van der Waals surface area contributed by atoms with E-state index >= 15 is 0 Å². The predicted octanol–water partition coefficient (Wildman–Crippen LogP) is 2.67. The van der Waals surface area contributed by atoms with Crippen molar-refractivity contribution in [2.45, 2.75) is 38.6 Å². The normalized spacial score (nSPS) is 23.7. The maximum atomic E-state index is 6.00. The Balaban J connectivity index is 1.56. The molecule has 2 aliphatic heterocycles. The summed E-state index contributed by atoms with van der Waals surface area (Å²) in [5, 5.41) is 3.39. The zero-order chi connectivity index (χ0) is 14.9. The molecule has 1 unspecified atom stereocenters. The van der Waals surface area contributed by atoms with Gasteiger partial charge in [-0.05, 0) is 31.5 Å². The molecule has 1 saturated heterocycles. The molecule has 0 amide bonds. The van der Waals surface area contributed by atoms with Crippen LogP contribution in [-0.2, 0) is 22.5 Å². The van der Waals surface area contributed by atoms with Crippen LogP contribution in [0.1, 0.15) is 25.0 Å². The lowest BCUT2D eigenvalue weighted by Gasteiger charge is -2.36. The van der Waals surface area contributed by atoms with Gasteiger partial charge in [-0.15, -0.1) is 0 Å². The van der Waals surface area contributed by atoms with Crippen LogP contribution >= 0.6 is 15.9 Å². The summed E-state index contributed by atoms with van der Waals surface area (Å²) >= 11 is 3.55. The smallest absolute Gasteiger partial charge is 0.128 e. The number of ether oxygens (including phenoxy) is 3. The molecule has 2 heterocycles. The largest absolute Gasteiger partial charge is 0.493 e. The van der Waals surface area contributed by atoms with Crippen molar-refractivity contribution >= 4 is 15.9 Å². The summed E-state index contributed by atoms with van der Waals surface area (Å²) in [4.78, 5) is 0. The van der Waals surface area contributed by atoms with Crippen LogP contribution in [0.5, 0.6) is 5.75 Å². The Morgan fingerprint density at radius 1 is 1.43 bits per heavy atom. The highest BCUT2D eigenvalue weighted by molar-refractivity contribution is 9.10. The second kappa shape index (κ2) is 6.24. The summed E-state index contributed by atoms with van der Waals surface area (Å²) in [6.07, 6.45) is 1.08. The van der Waals surface area contributed by atoms with E-state index in [1.807, 2.05) is 0 Å². The average Bonchev–Trinajstić information content (AvgIpc) is 2.85. The third-order valence-corrected chi connectivity index (χ3v) is 4.25. The summed E-state index contributed by atoms with van der Waals surface area (Å²) in [6, 6.07) is 4.20. The van der Waals surface area contributed by atoms with Crippen molar-refractivity contribution in [1.82, 2.24) is 5.32 Å². The summed E-state index contributed by atoms with van der Waals surface area (Å²) in [5.41, 5.74) is 2.26. The molecule has 3 rings (SSSR count). The van der Waals surface area contributed by atoms with Crippen LogP contribution in [0.2, 0.25) is 0 Å². The van der Waals surface area contributed by atoms with Crippen molar-refractivity contribution in [1.29, 1.82) is 0 Å². The van der Waals surface area contributed by atoms with Crippen LogP contribution in [0, 0.1) is 0 Å². The SMILES string of the molecule is CC1(C)CNCC(COCc2cc(Br)cc3c2OCC3)O1.